The number of Topliss-reactive ketones (excluding diaryl/α,β-unsaturated/α-hetero) is 1. The molecule has 3 aliphatic carbocycles. The van der Waals surface area contributed by atoms with E-state index in [-0.39, 0.29) is 34.8 Å². The van der Waals surface area contributed by atoms with E-state index in [9.17, 15) is 18.0 Å². The number of ketones is 1. The first-order valence-corrected chi connectivity index (χ1v) is 14.6. The van der Waals surface area contributed by atoms with E-state index in [2.05, 4.69) is 13.8 Å². The summed E-state index contributed by atoms with van der Waals surface area (Å²) in [5.74, 6) is 0.282. The maximum atomic E-state index is 13.0. The first kappa shape index (κ1) is 25.2. The average molecular weight is 487 g/mol. The fourth-order valence-electron chi connectivity index (χ4n) is 6.61. The van der Waals surface area contributed by atoms with Crippen molar-refractivity contribution in [1.82, 2.24) is 0 Å². The normalized spacial score (nSPS) is 27.8. The predicted octanol–water partition coefficient (Wildman–Crippen LogP) is 5.55. The van der Waals surface area contributed by atoms with Gasteiger partial charge in [-0.2, -0.15) is 0 Å². The summed E-state index contributed by atoms with van der Waals surface area (Å²) in [6.45, 7) is 4.13. The second-order valence-corrected chi connectivity index (χ2v) is 13.2. The standard InChI is InChI=1S/C28H38O5S/c1-27(2)23-16-17-28(27,25(29)19-23)20-34(31,32)18-10-9-15-24(21-11-5-3-6-12-21)33-26(30)22-13-7-4-8-14-22/h4,7-10,13-14,21,23-24H,3,5-6,11-12,15-20H2,1-2H3/b10-9+. The number of ether oxygens (including phenoxy) is 1. The highest BCUT2D eigenvalue weighted by atomic mass is 32.2. The summed E-state index contributed by atoms with van der Waals surface area (Å²) in [7, 11) is -3.42. The van der Waals surface area contributed by atoms with Crippen molar-refractivity contribution in [3.05, 3.63) is 48.0 Å². The number of esters is 1. The van der Waals surface area contributed by atoms with Gasteiger partial charge in [-0.25, -0.2) is 13.2 Å². The molecular weight excluding hydrogens is 448 g/mol. The van der Waals surface area contributed by atoms with Gasteiger partial charge >= 0.3 is 5.97 Å². The summed E-state index contributed by atoms with van der Waals surface area (Å²) in [5.41, 5.74) is -0.438. The molecule has 3 unspecified atom stereocenters. The van der Waals surface area contributed by atoms with Crippen LogP contribution in [0.1, 0.15) is 82.0 Å². The molecule has 3 atom stereocenters. The van der Waals surface area contributed by atoms with Crippen LogP contribution in [0.25, 0.3) is 0 Å². The van der Waals surface area contributed by atoms with Crippen LogP contribution in [0.5, 0.6) is 0 Å². The van der Waals surface area contributed by atoms with E-state index in [4.69, 9.17) is 4.74 Å². The zero-order valence-corrected chi connectivity index (χ0v) is 21.3. The van der Waals surface area contributed by atoms with Crippen LogP contribution in [0.4, 0.5) is 0 Å². The molecule has 0 aliphatic heterocycles. The maximum Gasteiger partial charge on any atom is 0.338 e. The number of rotatable bonds is 9. The van der Waals surface area contributed by atoms with Crippen LogP contribution in [-0.4, -0.2) is 37.8 Å². The highest BCUT2D eigenvalue weighted by Gasteiger charge is 2.65. The Balaban J connectivity index is 1.39. The quantitative estimate of drug-likeness (QED) is 0.338. The van der Waals surface area contributed by atoms with Crippen molar-refractivity contribution in [3.63, 3.8) is 0 Å². The van der Waals surface area contributed by atoms with Crippen molar-refractivity contribution in [2.45, 2.75) is 77.7 Å². The van der Waals surface area contributed by atoms with Gasteiger partial charge in [-0.3, -0.25) is 4.79 Å². The molecule has 3 saturated carbocycles. The van der Waals surface area contributed by atoms with Gasteiger partial charge in [-0.05, 0) is 55.1 Å². The first-order chi connectivity index (χ1) is 16.1. The molecular formula is C28H38O5S. The van der Waals surface area contributed by atoms with Crippen LogP contribution in [0.15, 0.2) is 42.5 Å². The second kappa shape index (κ2) is 9.96. The summed E-state index contributed by atoms with van der Waals surface area (Å²) < 4.78 is 32.0. The van der Waals surface area contributed by atoms with Crippen LogP contribution in [0.2, 0.25) is 0 Å². The third-order valence-corrected chi connectivity index (χ3v) is 10.6. The molecule has 4 rings (SSSR count). The average Bonchev–Trinajstić information content (AvgIpc) is 3.16. The highest BCUT2D eigenvalue weighted by Crippen LogP contribution is 2.64. The fourth-order valence-corrected chi connectivity index (χ4v) is 8.59. The SMILES string of the molecule is CC1(C)C2CCC1(CS(=O)(=O)C/C=C/CC(OC(=O)c1ccccc1)C1CCCCC1)C(=O)C2. The van der Waals surface area contributed by atoms with Gasteiger partial charge in [-0.15, -0.1) is 0 Å². The number of fused-ring (bicyclic) bond motifs is 2. The van der Waals surface area contributed by atoms with Crippen LogP contribution in [0, 0.1) is 22.7 Å². The summed E-state index contributed by atoms with van der Waals surface area (Å²) >= 11 is 0. The molecule has 1 aromatic carbocycles. The van der Waals surface area contributed by atoms with E-state index >= 15 is 0 Å². The van der Waals surface area contributed by atoms with Crippen LogP contribution in [-0.2, 0) is 19.4 Å². The Morgan fingerprint density at radius 3 is 2.41 bits per heavy atom. The Labute approximate surface area is 204 Å². The molecule has 5 nitrogen and oxygen atoms in total. The van der Waals surface area contributed by atoms with E-state index in [0.29, 0.717) is 36.7 Å². The summed E-state index contributed by atoms with van der Waals surface area (Å²) in [6, 6.07) is 9.01. The van der Waals surface area contributed by atoms with Crippen molar-refractivity contribution < 1.29 is 22.7 Å². The van der Waals surface area contributed by atoms with E-state index in [1.54, 1.807) is 18.2 Å². The molecule has 0 heterocycles. The van der Waals surface area contributed by atoms with Crippen LogP contribution < -0.4 is 0 Å². The number of carbonyl (C=O) groups excluding carboxylic acids is 2. The largest absolute Gasteiger partial charge is 0.458 e. The third-order valence-electron chi connectivity index (χ3n) is 8.93. The monoisotopic (exact) mass is 486 g/mol. The number of carbonyl (C=O) groups is 2. The summed E-state index contributed by atoms with van der Waals surface area (Å²) in [6.07, 6.45) is 11.5. The van der Waals surface area contributed by atoms with Gasteiger partial charge in [0.15, 0.2) is 9.84 Å². The predicted molar refractivity (Wildman–Crippen MR) is 133 cm³/mol. The lowest BCUT2D eigenvalue weighted by molar-refractivity contribution is -0.128. The first-order valence-electron chi connectivity index (χ1n) is 12.8. The number of hydrogen-bond acceptors (Lipinski definition) is 5. The topological polar surface area (TPSA) is 77.5 Å². The second-order valence-electron chi connectivity index (χ2n) is 11.1. The number of hydrogen-bond donors (Lipinski definition) is 0. The van der Waals surface area contributed by atoms with Gasteiger partial charge in [0.25, 0.3) is 0 Å². The zero-order chi connectivity index (χ0) is 24.4. The molecule has 0 spiro atoms. The Morgan fingerprint density at radius 2 is 1.79 bits per heavy atom. The van der Waals surface area contributed by atoms with E-state index in [1.165, 1.54) is 6.42 Å². The van der Waals surface area contributed by atoms with Crippen molar-refractivity contribution in [2.24, 2.45) is 22.7 Å². The van der Waals surface area contributed by atoms with E-state index in [0.717, 1.165) is 32.1 Å². The highest BCUT2D eigenvalue weighted by molar-refractivity contribution is 7.91. The van der Waals surface area contributed by atoms with Crippen molar-refractivity contribution in [2.75, 3.05) is 11.5 Å². The zero-order valence-electron chi connectivity index (χ0n) is 20.5. The van der Waals surface area contributed by atoms with Crippen molar-refractivity contribution in [1.29, 1.82) is 0 Å². The Kier molecular flexibility index (Phi) is 7.37. The molecule has 0 radical (unpaired) electrons. The lowest BCUT2D eigenvalue weighted by atomic mass is 9.70. The maximum absolute atomic E-state index is 13.0. The van der Waals surface area contributed by atoms with Crippen LogP contribution in [0.3, 0.4) is 0 Å². The smallest absolute Gasteiger partial charge is 0.338 e. The lowest BCUT2D eigenvalue weighted by Crippen LogP contribution is -2.42. The molecule has 0 aromatic heterocycles. The molecule has 0 saturated heterocycles. The summed E-state index contributed by atoms with van der Waals surface area (Å²) in [5, 5.41) is 0. The van der Waals surface area contributed by atoms with Gasteiger partial charge in [0.1, 0.15) is 11.9 Å². The van der Waals surface area contributed by atoms with Gasteiger partial charge in [0, 0.05) is 18.3 Å². The molecule has 3 fully saturated rings. The molecule has 0 N–H and O–H groups in total. The van der Waals surface area contributed by atoms with E-state index < -0.39 is 15.3 Å². The van der Waals surface area contributed by atoms with Crippen LogP contribution >= 0.6 is 0 Å². The van der Waals surface area contributed by atoms with Gasteiger partial charge in [0.2, 0.25) is 0 Å². The minimum atomic E-state index is -3.42. The van der Waals surface area contributed by atoms with Gasteiger partial charge in [-0.1, -0.05) is 63.5 Å². The third kappa shape index (κ3) is 5.02. The molecule has 3 aliphatic rings. The van der Waals surface area contributed by atoms with Gasteiger partial charge in [0.05, 0.1) is 17.1 Å². The molecule has 2 bridgehead atoms. The molecule has 34 heavy (non-hydrogen) atoms. The lowest BCUT2D eigenvalue weighted by Gasteiger charge is -2.36. The number of sulfone groups is 1. The molecule has 6 heteroatoms. The molecule has 0 amide bonds. The van der Waals surface area contributed by atoms with E-state index in [1.807, 2.05) is 24.3 Å². The van der Waals surface area contributed by atoms with Gasteiger partial charge < -0.3 is 4.74 Å². The molecule has 1 aromatic rings. The number of benzene rings is 1. The summed E-state index contributed by atoms with van der Waals surface area (Å²) in [4.78, 5) is 25.4. The fraction of sp³-hybridized carbons (Fsp3) is 0.643. The van der Waals surface area contributed by atoms with Crippen molar-refractivity contribution in [3.8, 4) is 0 Å². The minimum Gasteiger partial charge on any atom is -0.458 e. The minimum absolute atomic E-state index is 0.0538. The van der Waals surface area contributed by atoms with Crippen molar-refractivity contribution >= 4 is 21.6 Å². The Bertz CT molecular complexity index is 1020. The Morgan fingerprint density at radius 1 is 1.09 bits per heavy atom. The Hall–Kier alpha value is -1.95. The molecule has 186 valence electrons.